The molecule has 1 heterocycles. The third-order valence-corrected chi connectivity index (χ3v) is 3.99. The van der Waals surface area contributed by atoms with Gasteiger partial charge in [-0.05, 0) is 43.6 Å². The van der Waals surface area contributed by atoms with Crippen molar-refractivity contribution >= 4 is 11.6 Å². The van der Waals surface area contributed by atoms with E-state index in [1.54, 1.807) is 0 Å². The Labute approximate surface area is 115 Å². The first kappa shape index (κ1) is 13.9. The zero-order chi connectivity index (χ0) is 12.8. The van der Waals surface area contributed by atoms with Crippen molar-refractivity contribution in [3.05, 3.63) is 34.9 Å². The molecule has 1 atom stereocenters. The summed E-state index contributed by atoms with van der Waals surface area (Å²) in [5.74, 6) is 0.209. The van der Waals surface area contributed by atoms with E-state index in [0.717, 1.165) is 11.6 Å². The molecule has 1 aliphatic heterocycles. The maximum atomic E-state index is 9.59. The molecule has 18 heavy (non-hydrogen) atoms. The molecule has 1 aliphatic rings. The van der Waals surface area contributed by atoms with E-state index in [1.165, 1.54) is 44.3 Å². The number of likely N-dealkylation sites (tertiary alicyclic amines) is 1. The largest absolute Gasteiger partial charge is 0.396 e. The Balaban J connectivity index is 1.97. The van der Waals surface area contributed by atoms with Crippen molar-refractivity contribution in [1.29, 1.82) is 0 Å². The van der Waals surface area contributed by atoms with Gasteiger partial charge in [0, 0.05) is 17.5 Å². The maximum absolute atomic E-state index is 9.59. The van der Waals surface area contributed by atoms with Crippen LogP contribution >= 0.6 is 11.6 Å². The SMILES string of the molecule is OCC(CN1CCCCCC1)c1ccc(Cl)cc1. The molecular formula is C15H22ClNO. The van der Waals surface area contributed by atoms with Gasteiger partial charge in [-0.3, -0.25) is 0 Å². The van der Waals surface area contributed by atoms with Gasteiger partial charge in [0.05, 0.1) is 6.61 Å². The smallest absolute Gasteiger partial charge is 0.0512 e. The summed E-state index contributed by atoms with van der Waals surface area (Å²) in [6.45, 7) is 3.50. The molecule has 0 aromatic heterocycles. The molecule has 0 spiro atoms. The Morgan fingerprint density at radius 3 is 2.22 bits per heavy atom. The molecule has 2 rings (SSSR count). The monoisotopic (exact) mass is 267 g/mol. The van der Waals surface area contributed by atoms with Gasteiger partial charge in [0.15, 0.2) is 0 Å². The molecule has 0 bridgehead atoms. The van der Waals surface area contributed by atoms with Gasteiger partial charge < -0.3 is 10.0 Å². The Morgan fingerprint density at radius 1 is 1.06 bits per heavy atom. The second-order valence-electron chi connectivity index (χ2n) is 5.15. The lowest BCUT2D eigenvalue weighted by atomic mass is 9.99. The van der Waals surface area contributed by atoms with Crippen molar-refractivity contribution in [1.82, 2.24) is 4.90 Å². The minimum atomic E-state index is 0.206. The fourth-order valence-corrected chi connectivity index (χ4v) is 2.76. The number of aliphatic hydroxyl groups is 1. The Bertz CT molecular complexity index is 344. The van der Waals surface area contributed by atoms with Crippen LogP contribution in [0.2, 0.25) is 5.02 Å². The molecule has 100 valence electrons. The predicted molar refractivity (Wildman–Crippen MR) is 76.2 cm³/mol. The van der Waals surface area contributed by atoms with Crippen molar-refractivity contribution in [3.8, 4) is 0 Å². The summed E-state index contributed by atoms with van der Waals surface area (Å²) >= 11 is 5.90. The van der Waals surface area contributed by atoms with Gasteiger partial charge in [-0.25, -0.2) is 0 Å². The molecule has 1 aromatic rings. The minimum Gasteiger partial charge on any atom is -0.396 e. The summed E-state index contributed by atoms with van der Waals surface area (Å²) in [6.07, 6.45) is 5.28. The Hall–Kier alpha value is -0.570. The predicted octanol–water partition coefficient (Wildman–Crippen LogP) is 3.29. The average molecular weight is 268 g/mol. The zero-order valence-electron chi connectivity index (χ0n) is 10.8. The van der Waals surface area contributed by atoms with Crippen molar-refractivity contribution in [3.63, 3.8) is 0 Å². The number of nitrogens with zero attached hydrogens (tertiary/aromatic N) is 1. The van der Waals surface area contributed by atoms with Crippen LogP contribution in [0.25, 0.3) is 0 Å². The van der Waals surface area contributed by atoms with Gasteiger partial charge in [-0.2, -0.15) is 0 Å². The number of hydrogen-bond donors (Lipinski definition) is 1. The molecule has 2 nitrogen and oxygen atoms in total. The number of rotatable bonds is 4. The van der Waals surface area contributed by atoms with Gasteiger partial charge >= 0.3 is 0 Å². The van der Waals surface area contributed by atoms with Crippen LogP contribution in [0.3, 0.4) is 0 Å². The van der Waals surface area contributed by atoms with E-state index in [9.17, 15) is 5.11 Å². The first-order chi connectivity index (χ1) is 8.79. The number of halogens is 1. The third-order valence-electron chi connectivity index (χ3n) is 3.74. The molecule has 1 unspecified atom stereocenters. The molecule has 1 aromatic carbocycles. The fourth-order valence-electron chi connectivity index (χ4n) is 2.63. The first-order valence-electron chi connectivity index (χ1n) is 6.88. The molecule has 0 radical (unpaired) electrons. The topological polar surface area (TPSA) is 23.5 Å². The van der Waals surface area contributed by atoms with E-state index in [-0.39, 0.29) is 12.5 Å². The van der Waals surface area contributed by atoms with Gasteiger partial charge in [0.2, 0.25) is 0 Å². The zero-order valence-corrected chi connectivity index (χ0v) is 11.6. The molecule has 0 aliphatic carbocycles. The standard InChI is InChI=1S/C15H22ClNO/c16-15-7-5-13(6-8-15)14(12-18)11-17-9-3-1-2-4-10-17/h5-8,14,18H,1-4,9-12H2. The van der Waals surface area contributed by atoms with Crippen LogP contribution in [0, 0.1) is 0 Å². The highest BCUT2D eigenvalue weighted by molar-refractivity contribution is 6.30. The van der Waals surface area contributed by atoms with Gasteiger partial charge in [-0.1, -0.05) is 36.6 Å². The molecule has 0 amide bonds. The third kappa shape index (κ3) is 3.98. The van der Waals surface area contributed by atoms with E-state index in [4.69, 9.17) is 11.6 Å². The van der Waals surface area contributed by atoms with Crippen molar-refractivity contribution in [2.24, 2.45) is 0 Å². The van der Waals surface area contributed by atoms with Crippen LogP contribution in [-0.4, -0.2) is 36.2 Å². The highest BCUT2D eigenvalue weighted by atomic mass is 35.5. The highest BCUT2D eigenvalue weighted by Gasteiger charge is 2.16. The van der Waals surface area contributed by atoms with Gasteiger partial charge in [0.1, 0.15) is 0 Å². The summed E-state index contributed by atoms with van der Waals surface area (Å²) < 4.78 is 0. The summed E-state index contributed by atoms with van der Waals surface area (Å²) in [4.78, 5) is 2.49. The molecule has 3 heteroatoms. The quantitative estimate of drug-likeness (QED) is 0.905. The summed E-state index contributed by atoms with van der Waals surface area (Å²) in [5, 5.41) is 10.3. The number of aliphatic hydroxyl groups excluding tert-OH is 1. The van der Waals surface area contributed by atoms with E-state index >= 15 is 0 Å². The second-order valence-corrected chi connectivity index (χ2v) is 5.58. The van der Waals surface area contributed by atoms with Gasteiger partial charge in [0.25, 0.3) is 0 Å². The summed E-state index contributed by atoms with van der Waals surface area (Å²) in [6, 6.07) is 7.87. The second kappa shape index (κ2) is 7.13. The maximum Gasteiger partial charge on any atom is 0.0512 e. The lowest BCUT2D eigenvalue weighted by Gasteiger charge is -2.25. The summed E-state index contributed by atoms with van der Waals surface area (Å²) in [7, 11) is 0. The summed E-state index contributed by atoms with van der Waals surface area (Å²) in [5.41, 5.74) is 1.19. The average Bonchev–Trinajstić information content (AvgIpc) is 2.66. The van der Waals surface area contributed by atoms with Crippen molar-refractivity contribution in [2.75, 3.05) is 26.2 Å². The minimum absolute atomic E-state index is 0.206. The molecule has 0 saturated carbocycles. The molecule has 1 saturated heterocycles. The van der Waals surface area contributed by atoms with E-state index in [2.05, 4.69) is 4.90 Å². The van der Waals surface area contributed by atoms with Crippen LogP contribution in [0.1, 0.15) is 37.2 Å². The van der Waals surface area contributed by atoms with E-state index < -0.39 is 0 Å². The Kier molecular flexibility index (Phi) is 5.48. The lowest BCUT2D eigenvalue weighted by molar-refractivity contribution is 0.204. The van der Waals surface area contributed by atoms with E-state index in [0.29, 0.717) is 0 Å². The highest BCUT2D eigenvalue weighted by Crippen LogP contribution is 2.21. The number of benzene rings is 1. The first-order valence-corrected chi connectivity index (χ1v) is 7.26. The van der Waals surface area contributed by atoms with Crippen LogP contribution in [0.4, 0.5) is 0 Å². The van der Waals surface area contributed by atoms with E-state index in [1.807, 2.05) is 24.3 Å². The van der Waals surface area contributed by atoms with Crippen LogP contribution in [-0.2, 0) is 0 Å². The molecule has 1 fully saturated rings. The lowest BCUT2D eigenvalue weighted by Crippen LogP contribution is -2.30. The van der Waals surface area contributed by atoms with Gasteiger partial charge in [-0.15, -0.1) is 0 Å². The van der Waals surface area contributed by atoms with Crippen LogP contribution in [0.15, 0.2) is 24.3 Å². The normalized spacial score (nSPS) is 19.4. The van der Waals surface area contributed by atoms with Crippen LogP contribution < -0.4 is 0 Å². The fraction of sp³-hybridized carbons (Fsp3) is 0.600. The Morgan fingerprint density at radius 2 is 1.67 bits per heavy atom. The van der Waals surface area contributed by atoms with Crippen LogP contribution in [0.5, 0.6) is 0 Å². The molecule has 1 N–H and O–H groups in total. The van der Waals surface area contributed by atoms with Crippen molar-refractivity contribution in [2.45, 2.75) is 31.6 Å². The molecular weight excluding hydrogens is 246 g/mol. The van der Waals surface area contributed by atoms with Crippen molar-refractivity contribution < 1.29 is 5.11 Å². The number of hydrogen-bond acceptors (Lipinski definition) is 2.